The molecule has 7 nitrogen and oxygen atoms in total. The number of pyridine rings is 1. The summed E-state index contributed by atoms with van der Waals surface area (Å²) in [6, 6.07) is 12.6. The minimum Gasteiger partial charge on any atom is -0.378 e. The second-order valence-corrected chi connectivity index (χ2v) is 6.08. The van der Waals surface area contributed by atoms with Gasteiger partial charge in [-0.1, -0.05) is 18.2 Å². The number of ether oxygens (including phenoxy) is 1. The van der Waals surface area contributed by atoms with E-state index in [9.17, 15) is 9.59 Å². The quantitative estimate of drug-likeness (QED) is 0.657. The number of carbonyl (C=O) groups is 2. The molecule has 3 N–H and O–H groups in total. The van der Waals surface area contributed by atoms with E-state index < -0.39 is 0 Å². The molecule has 0 saturated carbocycles. The highest BCUT2D eigenvalue weighted by atomic mass is 35.5. The fourth-order valence-electron chi connectivity index (χ4n) is 2.70. The molecular formula is C19H24Cl2N4O3. The number of amides is 2. The third-order valence-corrected chi connectivity index (χ3v) is 4.00. The Bertz CT molecular complexity index is 756. The maximum absolute atomic E-state index is 12.2. The summed E-state index contributed by atoms with van der Waals surface area (Å²) in [5, 5.41) is 8.97. The Balaban J connectivity index is 0.00000196. The van der Waals surface area contributed by atoms with Crippen molar-refractivity contribution >= 4 is 42.3 Å². The molecule has 9 heteroatoms. The molecule has 1 fully saturated rings. The highest BCUT2D eigenvalue weighted by Gasteiger charge is 2.16. The highest BCUT2D eigenvalue weighted by Crippen LogP contribution is 2.12. The average Bonchev–Trinajstić information content (AvgIpc) is 2.68. The largest absolute Gasteiger partial charge is 0.378 e. The van der Waals surface area contributed by atoms with Crippen molar-refractivity contribution in [2.24, 2.45) is 0 Å². The monoisotopic (exact) mass is 426 g/mol. The Kier molecular flexibility index (Phi) is 10.5. The first-order chi connectivity index (χ1) is 12.7. The van der Waals surface area contributed by atoms with Gasteiger partial charge >= 0.3 is 0 Å². The summed E-state index contributed by atoms with van der Waals surface area (Å²) >= 11 is 0. The molecule has 28 heavy (non-hydrogen) atoms. The van der Waals surface area contributed by atoms with Gasteiger partial charge in [-0.2, -0.15) is 0 Å². The molecule has 2 aromatic rings. The van der Waals surface area contributed by atoms with E-state index in [1.165, 1.54) is 0 Å². The summed E-state index contributed by atoms with van der Waals surface area (Å²) in [5.41, 5.74) is 1.92. The molecule has 1 aromatic carbocycles. The summed E-state index contributed by atoms with van der Waals surface area (Å²) in [4.78, 5) is 28.2. The number of benzene rings is 1. The molecule has 1 atom stereocenters. The van der Waals surface area contributed by atoms with Crippen LogP contribution in [0.5, 0.6) is 0 Å². The van der Waals surface area contributed by atoms with E-state index in [1.807, 2.05) is 18.2 Å². The normalized spacial score (nSPS) is 15.5. The third kappa shape index (κ3) is 7.44. The van der Waals surface area contributed by atoms with E-state index in [4.69, 9.17) is 4.74 Å². The van der Waals surface area contributed by atoms with Crippen LogP contribution in [0.4, 0.5) is 5.69 Å². The number of nitrogens with one attached hydrogen (secondary N) is 3. The number of hydrogen-bond donors (Lipinski definition) is 3. The molecule has 0 bridgehead atoms. The molecule has 1 aromatic heterocycles. The first-order valence-corrected chi connectivity index (χ1v) is 8.60. The number of aromatic nitrogens is 1. The molecule has 152 valence electrons. The summed E-state index contributed by atoms with van der Waals surface area (Å²) in [6.07, 6.45) is 1.96. The molecule has 0 radical (unpaired) electrons. The van der Waals surface area contributed by atoms with Gasteiger partial charge in [0.05, 0.1) is 13.2 Å². The van der Waals surface area contributed by atoms with Crippen LogP contribution in [0.25, 0.3) is 0 Å². The zero-order valence-electron chi connectivity index (χ0n) is 15.2. The van der Waals surface area contributed by atoms with Gasteiger partial charge in [-0.05, 0) is 29.8 Å². The van der Waals surface area contributed by atoms with Gasteiger partial charge in [0.1, 0.15) is 5.69 Å². The maximum Gasteiger partial charge on any atom is 0.274 e. The first kappa shape index (κ1) is 23.8. The predicted octanol–water partition coefficient (Wildman–Crippen LogP) is 2.17. The van der Waals surface area contributed by atoms with Crippen molar-refractivity contribution in [2.75, 3.05) is 25.1 Å². The molecule has 1 aliphatic rings. The number of hydrogen-bond acceptors (Lipinski definition) is 5. The second-order valence-electron chi connectivity index (χ2n) is 6.08. The van der Waals surface area contributed by atoms with Gasteiger partial charge < -0.3 is 20.7 Å². The Hall–Kier alpha value is -2.19. The third-order valence-electron chi connectivity index (χ3n) is 4.00. The van der Waals surface area contributed by atoms with Gasteiger partial charge in [0.2, 0.25) is 5.91 Å². The molecule has 2 amide bonds. The van der Waals surface area contributed by atoms with Crippen LogP contribution in [0.1, 0.15) is 22.5 Å². The van der Waals surface area contributed by atoms with Crippen LogP contribution in [0.3, 0.4) is 0 Å². The molecule has 1 unspecified atom stereocenters. The average molecular weight is 427 g/mol. The number of morpholine rings is 1. The van der Waals surface area contributed by atoms with E-state index in [0.29, 0.717) is 37.6 Å². The van der Waals surface area contributed by atoms with Gasteiger partial charge in [0, 0.05) is 37.4 Å². The number of anilines is 1. The van der Waals surface area contributed by atoms with Crippen molar-refractivity contribution in [3.63, 3.8) is 0 Å². The molecule has 1 saturated heterocycles. The Morgan fingerprint density at radius 1 is 1.18 bits per heavy atom. The topological polar surface area (TPSA) is 92.4 Å². The van der Waals surface area contributed by atoms with Crippen LogP contribution in [0.15, 0.2) is 48.7 Å². The molecule has 0 spiro atoms. The minimum absolute atomic E-state index is 0. The molecular weight excluding hydrogens is 403 g/mol. The van der Waals surface area contributed by atoms with Crippen molar-refractivity contribution in [3.8, 4) is 0 Å². The lowest BCUT2D eigenvalue weighted by Crippen LogP contribution is -2.44. The van der Waals surface area contributed by atoms with Crippen LogP contribution >= 0.6 is 24.8 Å². The van der Waals surface area contributed by atoms with Crippen molar-refractivity contribution in [3.05, 3.63) is 59.9 Å². The molecule has 0 aliphatic carbocycles. The smallest absolute Gasteiger partial charge is 0.274 e. The molecule has 1 aliphatic heterocycles. The number of nitrogens with zero attached hydrogens (tertiary/aromatic N) is 1. The van der Waals surface area contributed by atoms with Crippen molar-refractivity contribution in [2.45, 2.75) is 19.0 Å². The first-order valence-electron chi connectivity index (χ1n) is 8.60. The zero-order chi connectivity index (χ0) is 18.2. The highest BCUT2D eigenvalue weighted by molar-refractivity contribution is 6.02. The van der Waals surface area contributed by atoms with E-state index in [0.717, 1.165) is 12.1 Å². The van der Waals surface area contributed by atoms with Crippen molar-refractivity contribution < 1.29 is 14.3 Å². The molecule has 2 heterocycles. The maximum atomic E-state index is 12.2. The Morgan fingerprint density at radius 3 is 2.75 bits per heavy atom. The summed E-state index contributed by atoms with van der Waals surface area (Å²) in [5.74, 6) is -0.300. The van der Waals surface area contributed by atoms with E-state index in [1.54, 1.807) is 30.5 Å². The Morgan fingerprint density at radius 2 is 2.04 bits per heavy atom. The van der Waals surface area contributed by atoms with Crippen LogP contribution in [-0.4, -0.2) is 42.6 Å². The fraction of sp³-hybridized carbons (Fsp3) is 0.316. The minimum atomic E-state index is -0.268. The van der Waals surface area contributed by atoms with Crippen molar-refractivity contribution in [1.29, 1.82) is 0 Å². The standard InChI is InChI=1S/C19H22N4O3.2ClH/c24-18(11-16-13-26-9-8-20-16)22-12-14-4-3-5-15(10-14)23-19(25)17-6-1-2-7-21-17;;/h1-7,10,16,20H,8-9,11-13H2,(H,22,24)(H,23,25);2*1H. The summed E-state index contributed by atoms with van der Waals surface area (Å²) in [7, 11) is 0. The lowest BCUT2D eigenvalue weighted by atomic mass is 10.1. The lowest BCUT2D eigenvalue weighted by molar-refractivity contribution is -0.122. The van der Waals surface area contributed by atoms with Gasteiger partial charge in [0.25, 0.3) is 5.91 Å². The summed E-state index contributed by atoms with van der Waals surface area (Å²) in [6.45, 7) is 2.42. The number of carbonyl (C=O) groups excluding carboxylic acids is 2. The SMILES string of the molecule is Cl.Cl.O=C(CC1COCCN1)NCc1cccc(NC(=O)c2ccccn2)c1. The fourth-order valence-corrected chi connectivity index (χ4v) is 2.70. The Labute approximate surface area is 176 Å². The van der Waals surface area contributed by atoms with E-state index >= 15 is 0 Å². The lowest BCUT2D eigenvalue weighted by Gasteiger charge is -2.23. The van der Waals surface area contributed by atoms with Crippen LogP contribution < -0.4 is 16.0 Å². The summed E-state index contributed by atoms with van der Waals surface area (Å²) < 4.78 is 5.35. The van der Waals surface area contributed by atoms with Crippen LogP contribution in [0.2, 0.25) is 0 Å². The van der Waals surface area contributed by atoms with Gasteiger partial charge in [-0.15, -0.1) is 24.8 Å². The van der Waals surface area contributed by atoms with E-state index in [-0.39, 0.29) is 42.7 Å². The van der Waals surface area contributed by atoms with Crippen molar-refractivity contribution in [1.82, 2.24) is 15.6 Å². The number of rotatable bonds is 6. The molecule has 3 rings (SSSR count). The zero-order valence-corrected chi connectivity index (χ0v) is 16.9. The van der Waals surface area contributed by atoms with Gasteiger partial charge in [-0.25, -0.2) is 0 Å². The second kappa shape index (κ2) is 12.3. The van der Waals surface area contributed by atoms with Gasteiger partial charge in [-0.3, -0.25) is 14.6 Å². The number of halogens is 2. The van der Waals surface area contributed by atoms with Crippen LogP contribution in [0, 0.1) is 0 Å². The van der Waals surface area contributed by atoms with Gasteiger partial charge in [0.15, 0.2) is 0 Å². The van der Waals surface area contributed by atoms with E-state index in [2.05, 4.69) is 20.9 Å². The predicted molar refractivity (Wildman–Crippen MR) is 112 cm³/mol. The van der Waals surface area contributed by atoms with Crippen LogP contribution in [-0.2, 0) is 16.1 Å².